The predicted octanol–water partition coefficient (Wildman–Crippen LogP) is 0.110. The number of piperazine rings is 1. The first-order valence-electron chi connectivity index (χ1n) is 9.39. The number of morpholine rings is 1. The molecule has 8 heteroatoms. The number of carbonyl (C=O) groups excluding carboxylic acids is 2. The van der Waals surface area contributed by atoms with Gasteiger partial charge in [-0.25, -0.2) is 0 Å². The molecule has 0 aliphatic carbocycles. The van der Waals surface area contributed by atoms with Crippen molar-refractivity contribution in [1.82, 2.24) is 14.7 Å². The third-order valence-corrected chi connectivity index (χ3v) is 4.94. The summed E-state index contributed by atoms with van der Waals surface area (Å²) < 4.78 is 10.6. The number of para-hydroxylation sites is 2. The zero-order chi connectivity index (χ0) is 19.1. The van der Waals surface area contributed by atoms with Gasteiger partial charge in [0.15, 0.2) is 0 Å². The summed E-state index contributed by atoms with van der Waals surface area (Å²) in [6, 6.07) is 7.35. The number of nitrogens with zero attached hydrogens (tertiary/aromatic N) is 3. The second-order valence-electron chi connectivity index (χ2n) is 6.79. The van der Waals surface area contributed by atoms with Crippen LogP contribution in [-0.4, -0.2) is 99.2 Å². The van der Waals surface area contributed by atoms with Gasteiger partial charge in [0.2, 0.25) is 11.8 Å². The molecule has 148 valence electrons. The van der Waals surface area contributed by atoms with E-state index in [-0.39, 0.29) is 11.8 Å². The Morgan fingerprint density at radius 3 is 2.37 bits per heavy atom. The summed E-state index contributed by atoms with van der Waals surface area (Å²) in [5.74, 6) is 0.729. The fourth-order valence-electron chi connectivity index (χ4n) is 3.35. The highest BCUT2D eigenvalue weighted by Crippen LogP contribution is 2.22. The van der Waals surface area contributed by atoms with Crippen LogP contribution in [0.3, 0.4) is 0 Å². The molecular formula is C19H28N4O4. The molecule has 2 fully saturated rings. The van der Waals surface area contributed by atoms with Crippen LogP contribution in [0.4, 0.5) is 5.69 Å². The lowest BCUT2D eigenvalue weighted by atomic mass is 10.2. The molecule has 2 heterocycles. The molecule has 2 aliphatic rings. The SMILES string of the molecule is COc1ccccc1NC(=O)CN1CCN(C(=O)CN2CCOCC2)CC1. The summed E-state index contributed by atoms with van der Waals surface area (Å²) in [5, 5.41) is 2.89. The fourth-order valence-corrected chi connectivity index (χ4v) is 3.35. The van der Waals surface area contributed by atoms with Gasteiger partial charge < -0.3 is 19.7 Å². The Morgan fingerprint density at radius 1 is 1.00 bits per heavy atom. The van der Waals surface area contributed by atoms with Crippen molar-refractivity contribution >= 4 is 17.5 Å². The number of ether oxygens (including phenoxy) is 2. The topological polar surface area (TPSA) is 74.4 Å². The third kappa shape index (κ3) is 5.66. The Balaban J connectivity index is 1.41. The van der Waals surface area contributed by atoms with E-state index in [1.54, 1.807) is 7.11 Å². The van der Waals surface area contributed by atoms with Crippen LogP contribution >= 0.6 is 0 Å². The van der Waals surface area contributed by atoms with Gasteiger partial charge in [0, 0.05) is 39.3 Å². The summed E-state index contributed by atoms with van der Waals surface area (Å²) in [5.41, 5.74) is 0.671. The predicted molar refractivity (Wildman–Crippen MR) is 102 cm³/mol. The summed E-state index contributed by atoms with van der Waals surface area (Å²) in [6.07, 6.45) is 0. The number of nitrogens with one attached hydrogen (secondary N) is 1. The Labute approximate surface area is 160 Å². The van der Waals surface area contributed by atoms with E-state index < -0.39 is 0 Å². The van der Waals surface area contributed by atoms with Gasteiger partial charge in [0.25, 0.3) is 0 Å². The highest BCUT2D eigenvalue weighted by Gasteiger charge is 2.24. The van der Waals surface area contributed by atoms with Crippen molar-refractivity contribution in [3.63, 3.8) is 0 Å². The Hall–Kier alpha value is -2.16. The van der Waals surface area contributed by atoms with E-state index in [1.807, 2.05) is 29.2 Å². The van der Waals surface area contributed by atoms with Gasteiger partial charge in [-0.2, -0.15) is 0 Å². The van der Waals surface area contributed by atoms with Crippen molar-refractivity contribution in [3.8, 4) is 5.75 Å². The molecule has 3 rings (SSSR count). The van der Waals surface area contributed by atoms with E-state index in [4.69, 9.17) is 9.47 Å². The molecule has 0 radical (unpaired) electrons. The number of rotatable bonds is 6. The molecule has 0 aromatic heterocycles. The van der Waals surface area contributed by atoms with Crippen molar-refractivity contribution < 1.29 is 19.1 Å². The average Bonchev–Trinajstić information content (AvgIpc) is 2.69. The maximum absolute atomic E-state index is 12.4. The van der Waals surface area contributed by atoms with Gasteiger partial charge in [0.05, 0.1) is 39.1 Å². The summed E-state index contributed by atoms with van der Waals surface area (Å²) in [7, 11) is 1.58. The smallest absolute Gasteiger partial charge is 0.238 e. The standard InChI is InChI=1S/C19H28N4O4/c1-26-17-5-3-2-4-16(17)20-18(24)14-21-6-8-23(9-7-21)19(25)15-22-10-12-27-13-11-22/h2-5H,6-15H2,1H3,(H,20,24). The second kappa shape index (κ2) is 9.68. The summed E-state index contributed by atoms with van der Waals surface area (Å²) in [6.45, 7) is 6.51. The Bertz CT molecular complexity index is 640. The number of methoxy groups -OCH3 is 1. The van der Waals surface area contributed by atoms with Crippen LogP contribution < -0.4 is 10.1 Å². The quantitative estimate of drug-likeness (QED) is 0.760. The first kappa shape index (κ1) is 19.6. The van der Waals surface area contributed by atoms with Crippen molar-refractivity contribution in [2.45, 2.75) is 0 Å². The normalized spacial score (nSPS) is 18.9. The molecule has 0 atom stereocenters. The molecule has 0 bridgehead atoms. The molecule has 2 amide bonds. The molecule has 0 spiro atoms. The number of amides is 2. The van der Waals surface area contributed by atoms with E-state index in [2.05, 4.69) is 15.1 Å². The average molecular weight is 376 g/mol. The van der Waals surface area contributed by atoms with Crippen molar-refractivity contribution in [2.24, 2.45) is 0 Å². The van der Waals surface area contributed by atoms with E-state index in [1.165, 1.54) is 0 Å². The molecule has 2 aliphatic heterocycles. The number of hydrogen-bond donors (Lipinski definition) is 1. The first-order chi connectivity index (χ1) is 13.2. The Kier molecular flexibility index (Phi) is 7.03. The van der Waals surface area contributed by atoms with Crippen LogP contribution in [0.5, 0.6) is 5.75 Å². The van der Waals surface area contributed by atoms with Gasteiger partial charge in [-0.3, -0.25) is 19.4 Å². The summed E-state index contributed by atoms with van der Waals surface area (Å²) in [4.78, 5) is 30.9. The van der Waals surface area contributed by atoms with Gasteiger partial charge in [-0.15, -0.1) is 0 Å². The van der Waals surface area contributed by atoms with Crippen molar-refractivity contribution in [1.29, 1.82) is 0 Å². The Morgan fingerprint density at radius 2 is 1.67 bits per heavy atom. The van der Waals surface area contributed by atoms with E-state index in [9.17, 15) is 9.59 Å². The number of hydrogen-bond acceptors (Lipinski definition) is 6. The lowest BCUT2D eigenvalue weighted by Gasteiger charge is -2.36. The molecule has 1 aromatic carbocycles. The molecule has 1 aromatic rings. The minimum absolute atomic E-state index is 0.0763. The maximum atomic E-state index is 12.4. The largest absolute Gasteiger partial charge is 0.495 e. The lowest BCUT2D eigenvalue weighted by molar-refractivity contribution is -0.135. The van der Waals surface area contributed by atoms with Crippen LogP contribution in [0.1, 0.15) is 0 Å². The van der Waals surface area contributed by atoms with Crippen LogP contribution in [0, 0.1) is 0 Å². The lowest BCUT2D eigenvalue weighted by Crippen LogP contribution is -2.53. The minimum atomic E-state index is -0.0763. The van der Waals surface area contributed by atoms with Crippen molar-refractivity contribution in [3.05, 3.63) is 24.3 Å². The van der Waals surface area contributed by atoms with Gasteiger partial charge in [-0.05, 0) is 12.1 Å². The maximum Gasteiger partial charge on any atom is 0.238 e. The molecule has 2 saturated heterocycles. The van der Waals surface area contributed by atoms with E-state index in [0.717, 1.165) is 13.1 Å². The highest BCUT2D eigenvalue weighted by molar-refractivity contribution is 5.93. The van der Waals surface area contributed by atoms with Crippen LogP contribution in [0.25, 0.3) is 0 Å². The number of carbonyl (C=O) groups is 2. The second-order valence-corrected chi connectivity index (χ2v) is 6.79. The van der Waals surface area contributed by atoms with Gasteiger partial charge in [0.1, 0.15) is 5.75 Å². The molecule has 8 nitrogen and oxygen atoms in total. The van der Waals surface area contributed by atoms with E-state index >= 15 is 0 Å². The molecular weight excluding hydrogens is 348 g/mol. The zero-order valence-electron chi connectivity index (χ0n) is 15.9. The van der Waals surface area contributed by atoms with Gasteiger partial charge >= 0.3 is 0 Å². The first-order valence-corrected chi connectivity index (χ1v) is 9.39. The molecule has 0 unspecified atom stereocenters. The molecule has 1 N–H and O–H groups in total. The highest BCUT2D eigenvalue weighted by atomic mass is 16.5. The minimum Gasteiger partial charge on any atom is -0.495 e. The number of benzene rings is 1. The van der Waals surface area contributed by atoms with Crippen LogP contribution in [0.15, 0.2) is 24.3 Å². The van der Waals surface area contributed by atoms with Crippen LogP contribution in [0.2, 0.25) is 0 Å². The van der Waals surface area contributed by atoms with Gasteiger partial charge in [-0.1, -0.05) is 12.1 Å². The van der Waals surface area contributed by atoms with E-state index in [0.29, 0.717) is 63.9 Å². The monoisotopic (exact) mass is 376 g/mol. The van der Waals surface area contributed by atoms with Crippen molar-refractivity contribution in [2.75, 3.05) is 78.0 Å². The number of anilines is 1. The summed E-state index contributed by atoms with van der Waals surface area (Å²) >= 11 is 0. The fraction of sp³-hybridized carbons (Fsp3) is 0.579. The zero-order valence-corrected chi connectivity index (χ0v) is 15.9. The van der Waals surface area contributed by atoms with Crippen LogP contribution in [-0.2, 0) is 14.3 Å². The third-order valence-electron chi connectivity index (χ3n) is 4.94. The molecule has 27 heavy (non-hydrogen) atoms. The molecule has 0 saturated carbocycles.